The van der Waals surface area contributed by atoms with Gasteiger partial charge in [0, 0.05) is 25.2 Å². The van der Waals surface area contributed by atoms with E-state index in [-0.39, 0.29) is 12.7 Å². The van der Waals surface area contributed by atoms with E-state index in [1.54, 1.807) is 0 Å². The molecule has 1 aliphatic heterocycles. The van der Waals surface area contributed by atoms with Crippen molar-refractivity contribution in [3.63, 3.8) is 0 Å². The van der Waals surface area contributed by atoms with Crippen LogP contribution in [0.3, 0.4) is 0 Å². The average Bonchev–Trinajstić information content (AvgIpc) is 3.08. The van der Waals surface area contributed by atoms with E-state index in [0.717, 1.165) is 28.3 Å². The first-order valence-corrected chi connectivity index (χ1v) is 9.03. The third-order valence-electron chi connectivity index (χ3n) is 4.49. The maximum Gasteiger partial charge on any atom is 0.231 e. The Kier molecular flexibility index (Phi) is 5.78. The number of hydrogen-bond acceptors (Lipinski definition) is 4. The van der Waals surface area contributed by atoms with Gasteiger partial charge < -0.3 is 20.1 Å². The number of benzene rings is 2. The molecular weight excluding hydrogens is 328 g/mol. The molecule has 1 heterocycles. The highest BCUT2D eigenvalue weighted by atomic mass is 16.7. The van der Waals surface area contributed by atoms with Gasteiger partial charge in [-0.3, -0.25) is 4.79 Å². The summed E-state index contributed by atoms with van der Waals surface area (Å²) < 4.78 is 10.7. The van der Waals surface area contributed by atoms with Crippen LogP contribution in [0.1, 0.15) is 42.9 Å². The molecule has 2 N–H and O–H groups in total. The molecule has 0 atom stereocenters. The van der Waals surface area contributed by atoms with Crippen molar-refractivity contribution in [2.45, 2.75) is 39.7 Å². The fraction of sp³-hybridized carbons (Fsp3) is 0.381. The largest absolute Gasteiger partial charge is 0.454 e. The monoisotopic (exact) mass is 354 g/mol. The van der Waals surface area contributed by atoms with Crippen molar-refractivity contribution in [2.24, 2.45) is 0 Å². The summed E-state index contributed by atoms with van der Waals surface area (Å²) in [5, 5.41) is 6.38. The Hall–Kier alpha value is -2.53. The van der Waals surface area contributed by atoms with E-state index in [4.69, 9.17) is 9.47 Å². The Morgan fingerprint density at radius 2 is 1.96 bits per heavy atom. The molecule has 1 aliphatic rings. The van der Waals surface area contributed by atoms with Crippen molar-refractivity contribution in [3.05, 3.63) is 53.1 Å². The van der Waals surface area contributed by atoms with Crippen LogP contribution in [0.15, 0.2) is 36.4 Å². The predicted molar refractivity (Wildman–Crippen MR) is 103 cm³/mol. The number of carbonyl (C=O) groups is 1. The summed E-state index contributed by atoms with van der Waals surface area (Å²) >= 11 is 0. The first-order valence-electron chi connectivity index (χ1n) is 9.03. The highest BCUT2D eigenvalue weighted by molar-refractivity contribution is 5.92. The predicted octanol–water partition coefficient (Wildman–Crippen LogP) is 3.97. The maximum absolute atomic E-state index is 12.3. The maximum atomic E-state index is 12.3. The van der Waals surface area contributed by atoms with Gasteiger partial charge in [-0.1, -0.05) is 38.1 Å². The molecular formula is C21H26N2O3. The van der Waals surface area contributed by atoms with Crippen LogP contribution in [0.4, 0.5) is 5.69 Å². The number of amides is 1. The molecule has 2 aromatic rings. The van der Waals surface area contributed by atoms with E-state index in [0.29, 0.717) is 25.4 Å². The minimum atomic E-state index is 0.0272. The highest BCUT2D eigenvalue weighted by Gasteiger charge is 2.14. The van der Waals surface area contributed by atoms with Gasteiger partial charge in [0.15, 0.2) is 11.5 Å². The highest BCUT2D eigenvalue weighted by Crippen LogP contribution is 2.32. The second-order valence-corrected chi connectivity index (χ2v) is 6.86. The molecule has 0 fully saturated rings. The number of carbonyl (C=O) groups excluding carboxylic acids is 1. The van der Waals surface area contributed by atoms with Gasteiger partial charge in [-0.05, 0) is 41.7 Å². The molecule has 5 heteroatoms. The van der Waals surface area contributed by atoms with Gasteiger partial charge in [0.25, 0.3) is 0 Å². The molecule has 0 bridgehead atoms. The number of para-hydroxylation sites is 1. The topological polar surface area (TPSA) is 59.6 Å². The van der Waals surface area contributed by atoms with Gasteiger partial charge in [-0.15, -0.1) is 0 Å². The lowest BCUT2D eigenvalue weighted by Crippen LogP contribution is -2.22. The average molecular weight is 354 g/mol. The summed E-state index contributed by atoms with van der Waals surface area (Å²) in [6, 6.07) is 12.0. The van der Waals surface area contributed by atoms with E-state index in [2.05, 4.69) is 30.5 Å². The van der Waals surface area contributed by atoms with Crippen LogP contribution in [0.2, 0.25) is 0 Å². The number of rotatable bonds is 7. The molecule has 0 aromatic heterocycles. The van der Waals surface area contributed by atoms with E-state index in [9.17, 15) is 4.79 Å². The normalized spacial score (nSPS) is 12.5. The Bertz CT molecular complexity index is 787. The Labute approximate surface area is 154 Å². The molecule has 1 amide bonds. The van der Waals surface area contributed by atoms with Crippen LogP contribution < -0.4 is 20.1 Å². The van der Waals surface area contributed by atoms with Crippen molar-refractivity contribution in [1.82, 2.24) is 5.32 Å². The molecule has 26 heavy (non-hydrogen) atoms. The smallest absolute Gasteiger partial charge is 0.231 e. The molecule has 3 rings (SSSR count). The van der Waals surface area contributed by atoms with Crippen LogP contribution in [0.25, 0.3) is 0 Å². The van der Waals surface area contributed by atoms with Crippen molar-refractivity contribution in [2.75, 3.05) is 18.7 Å². The lowest BCUT2D eigenvalue weighted by Gasteiger charge is -2.16. The van der Waals surface area contributed by atoms with Gasteiger partial charge in [0.05, 0.1) is 0 Å². The van der Waals surface area contributed by atoms with Crippen molar-refractivity contribution >= 4 is 11.6 Å². The lowest BCUT2D eigenvalue weighted by atomic mass is 9.98. The van der Waals surface area contributed by atoms with E-state index in [1.807, 2.05) is 37.3 Å². The fourth-order valence-electron chi connectivity index (χ4n) is 3.03. The zero-order valence-corrected chi connectivity index (χ0v) is 15.6. The molecule has 5 nitrogen and oxygen atoms in total. The summed E-state index contributed by atoms with van der Waals surface area (Å²) in [5.74, 6) is 1.96. The van der Waals surface area contributed by atoms with Gasteiger partial charge in [0.1, 0.15) is 0 Å². The minimum Gasteiger partial charge on any atom is -0.454 e. The number of anilines is 1. The number of fused-ring (bicyclic) bond motifs is 1. The van der Waals surface area contributed by atoms with Crippen LogP contribution in [0.5, 0.6) is 11.5 Å². The summed E-state index contributed by atoms with van der Waals surface area (Å²) in [6.45, 7) is 7.88. The number of aryl methyl sites for hydroxylation is 1. The summed E-state index contributed by atoms with van der Waals surface area (Å²) in [6.07, 6.45) is 0.427. The zero-order chi connectivity index (χ0) is 18.5. The number of ether oxygens (including phenoxy) is 2. The van der Waals surface area contributed by atoms with Gasteiger partial charge in [0.2, 0.25) is 12.7 Å². The Morgan fingerprint density at radius 3 is 2.77 bits per heavy atom. The molecule has 138 valence electrons. The van der Waals surface area contributed by atoms with Gasteiger partial charge in [-0.2, -0.15) is 0 Å². The standard InChI is InChI=1S/C21H26N2O3/c1-14(2)17-6-4-5-15(3)21(17)23-20(24)9-10-22-12-16-7-8-18-19(11-16)26-13-25-18/h4-8,11,14,22H,9-10,12-13H2,1-3H3,(H,23,24). The number of nitrogens with one attached hydrogen (secondary N) is 2. The SMILES string of the molecule is Cc1cccc(C(C)C)c1NC(=O)CCNCc1ccc2c(c1)OCO2. The summed E-state index contributed by atoms with van der Waals surface area (Å²) in [5.41, 5.74) is 4.32. The van der Waals surface area contributed by atoms with Crippen LogP contribution in [-0.4, -0.2) is 19.2 Å². The molecule has 0 unspecified atom stereocenters. The second-order valence-electron chi connectivity index (χ2n) is 6.86. The van der Waals surface area contributed by atoms with E-state index >= 15 is 0 Å². The zero-order valence-electron chi connectivity index (χ0n) is 15.6. The van der Waals surface area contributed by atoms with Crippen molar-refractivity contribution < 1.29 is 14.3 Å². The van der Waals surface area contributed by atoms with Crippen molar-refractivity contribution in [3.8, 4) is 11.5 Å². The molecule has 0 aliphatic carbocycles. The van der Waals surface area contributed by atoms with Crippen LogP contribution in [-0.2, 0) is 11.3 Å². The van der Waals surface area contributed by atoms with Crippen LogP contribution >= 0.6 is 0 Å². The molecule has 0 spiro atoms. The second kappa shape index (κ2) is 8.23. The Morgan fingerprint density at radius 1 is 1.15 bits per heavy atom. The Balaban J connectivity index is 1.48. The molecule has 0 saturated carbocycles. The molecule has 0 saturated heterocycles. The number of hydrogen-bond donors (Lipinski definition) is 2. The third-order valence-corrected chi connectivity index (χ3v) is 4.49. The quantitative estimate of drug-likeness (QED) is 0.739. The van der Waals surface area contributed by atoms with Gasteiger partial charge in [-0.25, -0.2) is 0 Å². The minimum absolute atomic E-state index is 0.0272. The lowest BCUT2D eigenvalue weighted by molar-refractivity contribution is -0.116. The first kappa shape index (κ1) is 18.3. The van der Waals surface area contributed by atoms with Gasteiger partial charge >= 0.3 is 0 Å². The molecule has 0 radical (unpaired) electrons. The molecule has 2 aromatic carbocycles. The summed E-state index contributed by atoms with van der Waals surface area (Å²) in [7, 11) is 0. The fourth-order valence-corrected chi connectivity index (χ4v) is 3.03. The van der Waals surface area contributed by atoms with E-state index < -0.39 is 0 Å². The van der Waals surface area contributed by atoms with Crippen molar-refractivity contribution in [1.29, 1.82) is 0 Å². The summed E-state index contributed by atoms with van der Waals surface area (Å²) in [4.78, 5) is 12.3. The third kappa shape index (κ3) is 4.35. The van der Waals surface area contributed by atoms with E-state index in [1.165, 1.54) is 5.56 Å². The van der Waals surface area contributed by atoms with Crippen LogP contribution in [0, 0.1) is 6.92 Å². The first-order chi connectivity index (χ1) is 12.5.